The molecule has 5 heteroatoms. The molecular formula is C18H21N3O2. The third kappa shape index (κ3) is 3.23. The van der Waals surface area contributed by atoms with Gasteiger partial charge in [-0.25, -0.2) is 0 Å². The zero-order chi connectivity index (χ0) is 16.2. The molecule has 0 radical (unpaired) electrons. The molecule has 0 saturated carbocycles. The fraction of sp³-hybridized carbons (Fsp3) is 0.278. The smallest absolute Gasteiger partial charge is 0.257 e. The predicted molar refractivity (Wildman–Crippen MR) is 92.0 cm³/mol. The van der Waals surface area contributed by atoms with Gasteiger partial charge in [0.05, 0.1) is 12.7 Å². The van der Waals surface area contributed by atoms with Gasteiger partial charge in [0.1, 0.15) is 5.75 Å². The van der Waals surface area contributed by atoms with Gasteiger partial charge < -0.3 is 20.3 Å². The molecule has 0 unspecified atom stereocenters. The van der Waals surface area contributed by atoms with Crippen molar-refractivity contribution in [3.63, 3.8) is 0 Å². The second kappa shape index (κ2) is 6.60. The summed E-state index contributed by atoms with van der Waals surface area (Å²) in [7, 11) is 1.59. The molecular weight excluding hydrogens is 290 g/mol. The van der Waals surface area contributed by atoms with Crippen LogP contribution in [0.25, 0.3) is 0 Å². The number of nitrogens with two attached hydrogens (primary N) is 1. The topological polar surface area (TPSA) is 58.8 Å². The number of benzene rings is 2. The van der Waals surface area contributed by atoms with E-state index in [0.717, 1.165) is 24.5 Å². The molecule has 0 atom stereocenters. The van der Waals surface area contributed by atoms with Gasteiger partial charge in [0.2, 0.25) is 0 Å². The SMILES string of the molecule is COc1ccccc1C(=O)N1CCN(c2cccc(N)c2)CC1. The highest BCUT2D eigenvalue weighted by molar-refractivity contribution is 5.97. The summed E-state index contributed by atoms with van der Waals surface area (Å²) >= 11 is 0. The minimum Gasteiger partial charge on any atom is -0.496 e. The Morgan fingerprint density at radius 2 is 1.78 bits per heavy atom. The van der Waals surface area contributed by atoms with Crippen LogP contribution in [0, 0.1) is 0 Å². The first-order chi connectivity index (χ1) is 11.2. The van der Waals surface area contributed by atoms with Crippen molar-refractivity contribution in [3.05, 3.63) is 54.1 Å². The molecule has 120 valence electrons. The van der Waals surface area contributed by atoms with Gasteiger partial charge in [0, 0.05) is 37.6 Å². The van der Waals surface area contributed by atoms with Crippen molar-refractivity contribution in [3.8, 4) is 5.75 Å². The Hall–Kier alpha value is -2.69. The number of rotatable bonds is 3. The van der Waals surface area contributed by atoms with Crippen LogP contribution in [0.5, 0.6) is 5.75 Å². The van der Waals surface area contributed by atoms with Gasteiger partial charge in [-0.2, -0.15) is 0 Å². The van der Waals surface area contributed by atoms with Crippen LogP contribution in [0.2, 0.25) is 0 Å². The van der Waals surface area contributed by atoms with Crippen LogP contribution < -0.4 is 15.4 Å². The fourth-order valence-corrected chi connectivity index (χ4v) is 2.88. The van der Waals surface area contributed by atoms with Gasteiger partial charge >= 0.3 is 0 Å². The number of piperazine rings is 1. The molecule has 1 aliphatic heterocycles. The third-order valence-corrected chi connectivity index (χ3v) is 4.14. The van der Waals surface area contributed by atoms with E-state index in [-0.39, 0.29) is 5.91 Å². The number of methoxy groups -OCH3 is 1. The van der Waals surface area contributed by atoms with E-state index in [1.807, 2.05) is 53.4 Å². The number of para-hydroxylation sites is 1. The summed E-state index contributed by atoms with van der Waals surface area (Å²) in [4.78, 5) is 16.8. The maximum atomic E-state index is 12.7. The largest absolute Gasteiger partial charge is 0.496 e. The number of ether oxygens (including phenoxy) is 1. The Kier molecular flexibility index (Phi) is 4.37. The molecule has 0 aliphatic carbocycles. The zero-order valence-corrected chi connectivity index (χ0v) is 13.2. The van der Waals surface area contributed by atoms with E-state index < -0.39 is 0 Å². The van der Waals surface area contributed by atoms with Crippen molar-refractivity contribution in [2.45, 2.75) is 0 Å². The quantitative estimate of drug-likeness (QED) is 0.883. The van der Waals surface area contributed by atoms with Gasteiger partial charge in [-0.3, -0.25) is 4.79 Å². The summed E-state index contributed by atoms with van der Waals surface area (Å²) in [5.74, 6) is 0.644. The molecule has 1 amide bonds. The number of nitrogen functional groups attached to an aromatic ring is 1. The van der Waals surface area contributed by atoms with E-state index >= 15 is 0 Å². The molecule has 5 nitrogen and oxygen atoms in total. The van der Waals surface area contributed by atoms with Crippen molar-refractivity contribution in [2.75, 3.05) is 43.9 Å². The number of amides is 1. The van der Waals surface area contributed by atoms with Gasteiger partial charge in [0.25, 0.3) is 5.91 Å². The Morgan fingerprint density at radius 3 is 2.48 bits per heavy atom. The summed E-state index contributed by atoms with van der Waals surface area (Å²) in [6.45, 7) is 2.96. The van der Waals surface area contributed by atoms with Crippen LogP contribution >= 0.6 is 0 Å². The molecule has 1 fully saturated rings. The number of hydrogen-bond acceptors (Lipinski definition) is 4. The number of nitrogens with zero attached hydrogens (tertiary/aromatic N) is 2. The normalized spacial score (nSPS) is 14.7. The molecule has 0 spiro atoms. The fourth-order valence-electron chi connectivity index (χ4n) is 2.88. The molecule has 3 rings (SSSR count). The highest BCUT2D eigenvalue weighted by atomic mass is 16.5. The van der Waals surface area contributed by atoms with E-state index in [2.05, 4.69) is 4.90 Å². The molecule has 0 aromatic heterocycles. The lowest BCUT2D eigenvalue weighted by atomic mass is 10.1. The first kappa shape index (κ1) is 15.2. The highest BCUT2D eigenvalue weighted by Gasteiger charge is 2.24. The van der Waals surface area contributed by atoms with Crippen LogP contribution in [0.4, 0.5) is 11.4 Å². The number of hydrogen-bond donors (Lipinski definition) is 1. The molecule has 1 heterocycles. The van der Waals surface area contributed by atoms with E-state index in [1.165, 1.54) is 0 Å². The van der Waals surface area contributed by atoms with E-state index in [1.54, 1.807) is 7.11 Å². The lowest BCUT2D eigenvalue weighted by Gasteiger charge is -2.36. The first-order valence-corrected chi connectivity index (χ1v) is 7.72. The summed E-state index contributed by atoms with van der Waals surface area (Å²) in [5.41, 5.74) is 8.33. The van der Waals surface area contributed by atoms with Crippen LogP contribution in [0.1, 0.15) is 10.4 Å². The summed E-state index contributed by atoms with van der Waals surface area (Å²) in [6, 6.07) is 15.2. The molecule has 0 bridgehead atoms. The Bertz CT molecular complexity index is 694. The zero-order valence-electron chi connectivity index (χ0n) is 13.2. The number of carbonyl (C=O) groups excluding carboxylic acids is 1. The van der Waals surface area contributed by atoms with Crippen molar-refractivity contribution in [1.82, 2.24) is 4.90 Å². The maximum absolute atomic E-state index is 12.7. The number of carbonyl (C=O) groups is 1. The minimum atomic E-state index is 0.0228. The van der Waals surface area contributed by atoms with Gasteiger partial charge in [-0.15, -0.1) is 0 Å². The van der Waals surface area contributed by atoms with Gasteiger partial charge in [-0.1, -0.05) is 18.2 Å². The third-order valence-electron chi connectivity index (χ3n) is 4.14. The summed E-state index contributed by atoms with van der Waals surface area (Å²) < 4.78 is 5.29. The maximum Gasteiger partial charge on any atom is 0.257 e. The summed E-state index contributed by atoms with van der Waals surface area (Å²) in [6.07, 6.45) is 0. The Morgan fingerprint density at radius 1 is 1.04 bits per heavy atom. The molecule has 1 aliphatic rings. The van der Waals surface area contributed by atoms with Crippen LogP contribution in [0.15, 0.2) is 48.5 Å². The van der Waals surface area contributed by atoms with Crippen molar-refractivity contribution >= 4 is 17.3 Å². The Labute approximate surface area is 136 Å². The van der Waals surface area contributed by atoms with Crippen LogP contribution in [-0.4, -0.2) is 44.1 Å². The second-order valence-electron chi connectivity index (χ2n) is 5.57. The molecule has 2 aromatic carbocycles. The molecule has 2 aromatic rings. The monoisotopic (exact) mass is 311 g/mol. The van der Waals surface area contributed by atoms with Crippen molar-refractivity contribution in [1.29, 1.82) is 0 Å². The highest BCUT2D eigenvalue weighted by Crippen LogP contribution is 2.22. The van der Waals surface area contributed by atoms with Crippen molar-refractivity contribution < 1.29 is 9.53 Å². The second-order valence-corrected chi connectivity index (χ2v) is 5.57. The molecule has 2 N–H and O–H groups in total. The van der Waals surface area contributed by atoms with Crippen LogP contribution in [0.3, 0.4) is 0 Å². The average Bonchev–Trinajstić information content (AvgIpc) is 2.61. The van der Waals surface area contributed by atoms with E-state index in [9.17, 15) is 4.79 Å². The Balaban J connectivity index is 1.68. The average molecular weight is 311 g/mol. The van der Waals surface area contributed by atoms with E-state index in [0.29, 0.717) is 24.4 Å². The number of anilines is 2. The van der Waals surface area contributed by atoms with Gasteiger partial charge in [0.15, 0.2) is 0 Å². The van der Waals surface area contributed by atoms with Gasteiger partial charge in [-0.05, 0) is 30.3 Å². The lowest BCUT2D eigenvalue weighted by Crippen LogP contribution is -2.48. The predicted octanol–water partition coefficient (Wildman–Crippen LogP) is 2.24. The molecule has 23 heavy (non-hydrogen) atoms. The first-order valence-electron chi connectivity index (χ1n) is 7.72. The molecule has 1 saturated heterocycles. The lowest BCUT2D eigenvalue weighted by molar-refractivity contribution is 0.0743. The summed E-state index contributed by atoms with van der Waals surface area (Å²) in [5, 5.41) is 0. The van der Waals surface area contributed by atoms with Crippen LogP contribution in [-0.2, 0) is 0 Å². The minimum absolute atomic E-state index is 0.0228. The standard InChI is InChI=1S/C18H21N3O2/c1-23-17-8-3-2-7-16(17)18(22)21-11-9-20(10-12-21)15-6-4-5-14(19)13-15/h2-8,13H,9-12,19H2,1H3. The van der Waals surface area contributed by atoms with E-state index in [4.69, 9.17) is 10.5 Å². The van der Waals surface area contributed by atoms with Crippen molar-refractivity contribution in [2.24, 2.45) is 0 Å².